The van der Waals surface area contributed by atoms with Crippen LogP contribution in [0.15, 0.2) is 24.3 Å². The third kappa shape index (κ3) is 3.96. The van der Waals surface area contributed by atoms with Crippen LogP contribution in [0, 0.1) is 5.92 Å². The van der Waals surface area contributed by atoms with Crippen molar-refractivity contribution in [2.24, 2.45) is 5.92 Å². The summed E-state index contributed by atoms with van der Waals surface area (Å²) < 4.78 is 4.72. The van der Waals surface area contributed by atoms with E-state index in [1.807, 2.05) is 0 Å². The highest BCUT2D eigenvalue weighted by Gasteiger charge is 2.31. The number of methoxy groups -OCH3 is 1. The highest BCUT2D eigenvalue weighted by atomic mass is 35.5. The fraction of sp³-hybridized carbons (Fsp3) is 0.429. The van der Waals surface area contributed by atoms with Gasteiger partial charge in [-0.25, -0.2) is 4.79 Å². The van der Waals surface area contributed by atoms with Gasteiger partial charge in [-0.1, -0.05) is 24.4 Å². The summed E-state index contributed by atoms with van der Waals surface area (Å²) in [4.78, 5) is 23.7. The molecule has 1 aliphatic carbocycles. The van der Waals surface area contributed by atoms with Crippen molar-refractivity contribution in [3.05, 3.63) is 34.9 Å². The molecule has 0 spiro atoms. The predicted molar refractivity (Wildman–Crippen MR) is 72.1 cm³/mol. The number of esters is 1. The number of ether oxygens (including phenoxy) is 1. The van der Waals surface area contributed by atoms with Crippen molar-refractivity contribution in [3.8, 4) is 0 Å². The van der Waals surface area contributed by atoms with Crippen LogP contribution in [0.1, 0.15) is 29.6 Å². The Bertz CT molecular complexity index is 468. The van der Waals surface area contributed by atoms with Crippen LogP contribution < -0.4 is 5.32 Å². The normalized spacial score (nSPS) is 15.7. The topological polar surface area (TPSA) is 55.4 Å². The molecule has 1 fully saturated rings. The molecule has 0 saturated heterocycles. The third-order valence-corrected chi connectivity index (χ3v) is 3.42. The molecule has 1 atom stereocenters. The van der Waals surface area contributed by atoms with Crippen LogP contribution in [0.5, 0.6) is 0 Å². The average Bonchev–Trinajstić information content (AvgIpc) is 3.21. The number of benzene rings is 1. The van der Waals surface area contributed by atoms with Crippen molar-refractivity contribution in [1.82, 2.24) is 5.32 Å². The number of halogens is 1. The number of nitrogens with one attached hydrogen (secondary N) is 1. The van der Waals surface area contributed by atoms with Crippen LogP contribution in [-0.4, -0.2) is 25.0 Å². The molecule has 1 aromatic rings. The monoisotopic (exact) mass is 281 g/mol. The predicted octanol–water partition coefficient (Wildman–Crippen LogP) is 2.41. The molecular formula is C14H16ClNO3. The molecule has 0 aromatic heterocycles. The second kappa shape index (κ2) is 6.06. The van der Waals surface area contributed by atoms with Gasteiger partial charge in [0.1, 0.15) is 6.04 Å². The zero-order valence-electron chi connectivity index (χ0n) is 10.7. The fourth-order valence-electron chi connectivity index (χ4n) is 1.89. The molecule has 0 radical (unpaired) electrons. The molecule has 1 aromatic carbocycles. The van der Waals surface area contributed by atoms with Crippen LogP contribution in [0.3, 0.4) is 0 Å². The largest absolute Gasteiger partial charge is 0.467 e. The highest BCUT2D eigenvalue weighted by molar-refractivity contribution is 6.30. The minimum absolute atomic E-state index is 0.285. The summed E-state index contributed by atoms with van der Waals surface area (Å²) in [7, 11) is 1.33. The van der Waals surface area contributed by atoms with E-state index in [2.05, 4.69) is 5.32 Å². The molecule has 1 amide bonds. The average molecular weight is 282 g/mol. The lowest BCUT2D eigenvalue weighted by Crippen LogP contribution is -2.41. The number of hydrogen-bond donors (Lipinski definition) is 1. The van der Waals surface area contributed by atoms with E-state index in [9.17, 15) is 9.59 Å². The molecule has 0 bridgehead atoms. The summed E-state index contributed by atoms with van der Waals surface area (Å²) in [5.41, 5.74) is 0.481. The van der Waals surface area contributed by atoms with Crippen molar-refractivity contribution in [1.29, 1.82) is 0 Å². The molecule has 4 nitrogen and oxygen atoms in total. The Kier molecular flexibility index (Phi) is 4.43. The van der Waals surface area contributed by atoms with Gasteiger partial charge in [-0.2, -0.15) is 0 Å². The van der Waals surface area contributed by atoms with E-state index in [0.29, 0.717) is 22.9 Å². The van der Waals surface area contributed by atoms with Gasteiger partial charge >= 0.3 is 5.97 Å². The van der Waals surface area contributed by atoms with Crippen LogP contribution in [0.25, 0.3) is 0 Å². The van der Waals surface area contributed by atoms with Crippen molar-refractivity contribution in [3.63, 3.8) is 0 Å². The maximum Gasteiger partial charge on any atom is 0.328 e. The van der Waals surface area contributed by atoms with Crippen molar-refractivity contribution < 1.29 is 14.3 Å². The number of carbonyl (C=O) groups excluding carboxylic acids is 2. The van der Waals surface area contributed by atoms with Crippen molar-refractivity contribution in [2.75, 3.05) is 7.11 Å². The highest BCUT2D eigenvalue weighted by Crippen LogP contribution is 2.33. The smallest absolute Gasteiger partial charge is 0.328 e. The summed E-state index contributed by atoms with van der Waals surface area (Å²) >= 11 is 5.77. The maximum absolute atomic E-state index is 12.0. The molecule has 0 aliphatic heterocycles. The lowest BCUT2D eigenvalue weighted by Gasteiger charge is -2.16. The summed E-state index contributed by atoms with van der Waals surface area (Å²) in [5, 5.41) is 3.29. The zero-order valence-corrected chi connectivity index (χ0v) is 11.4. The van der Waals surface area contributed by atoms with Crippen LogP contribution >= 0.6 is 11.6 Å². The van der Waals surface area contributed by atoms with E-state index >= 15 is 0 Å². The molecule has 102 valence electrons. The zero-order chi connectivity index (χ0) is 13.8. The van der Waals surface area contributed by atoms with Crippen LogP contribution in [-0.2, 0) is 9.53 Å². The first kappa shape index (κ1) is 13.9. The van der Waals surface area contributed by atoms with E-state index in [0.717, 1.165) is 12.8 Å². The molecule has 1 saturated carbocycles. The molecule has 19 heavy (non-hydrogen) atoms. The van der Waals surface area contributed by atoms with Crippen LogP contribution in [0.4, 0.5) is 0 Å². The molecule has 0 heterocycles. The van der Waals surface area contributed by atoms with Crippen molar-refractivity contribution >= 4 is 23.5 Å². The minimum atomic E-state index is -0.569. The summed E-state index contributed by atoms with van der Waals surface area (Å²) in [5.74, 6) is -0.156. The van der Waals surface area contributed by atoms with Crippen molar-refractivity contribution in [2.45, 2.75) is 25.3 Å². The van der Waals surface area contributed by atoms with Gasteiger partial charge in [0.05, 0.1) is 7.11 Å². The molecule has 0 unspecified atom stereocenters. The first-order valence-electron chi connectivity index (χ1n) is 6.24. The third-order valence-electron chi connectivity index (χ3n) is 3.16. The number of carbonyl (C=O) groups is 2. The Balaban J connectivity index is 2.00. The van der Waals surface area contributed by atoms with Gasteiger partial charge in [-0.15, -0.1) is 0 Å². The fourth-order valence-corrected chi connectivity index (χ4v) is 2.01. The Morgan fingerprint density at radius 1 is 1.37 bits per heavy atom. The second-order valence-corrected chi connectivity index (χ2v) is 5.17. The summed E-state index contributed by atoms with van der Waals surface area (Å²) in [6, 6.07) is 5.97. The SMILES string of the molecule is COC(=O)[C@@H](CC1CC1)NC(=O)c1ccc(Cl)cc1. The van der Waals surface area contributed by atoms with E-state index in [4.69, 9.17) is 16.3 Å². The number of hydrogen-bond acceptors (Lipinski definition) is 3. The second-order valence-electron chi connectivity index (χ2n) is 4.74. The number of amides is 1. The van der Waals surface area contributed by atoms with E-state index < -0.39 is 12.0 Å². The Morgan fingerprint density at radius 3 is 2.53 bits per heavy atom. The van der Waals surface area contributed by atoms with Gasteiger partial charge in [-0.3, -0.25) is 4.79 Å². The van der Waals surface area contributed by atoms with Gasteiger partial charge in [0, 0.05) is 10.6 Å². The lowest BCUT2D eigenvalue weighted by molar-refractivity contribution is -0.143. The van der Waals surface area contributed by atoms with Gasteiger partial charge in [0.25, 0.3) is 5.91 Å². The first-order valence-corrected chi connectivity index (χ1v) is 6.62. The van der Waals surface area contributed by atoms with Gasteiger partial charge < -0.3 is 10.1 Å². The van der Waals surface area contributed by atoms with Gasteiger partial charge in [0.2, 0.25) is 0 Å². The number of rotatable bonds is 5. The first-order chi connectivity index (χ1) is 9.10. The van der Waals surface area contributed by atoms with Gasteiger partial charge in [-0.05, 0) is 36.6 Å². The van der Waals surface area contributed by atoms with E-state index in [1.54, 1.807) is 24.3 Å². The molecule has 5 heteroatoms. The molecule has 1 N–H and O–H groups in total. The Morgan fingerprint density at radius 2 is 2.00 bits per heavy atom. The maximum atomic E-state index is 12.0. The van der Waals surface area contributed by atoms with E-state index in [1.165, 1.54) is 7.11 Å². The molecule has 2 rings (SSSR count). The molecule has 1 aliphatic rings. The quantitative estimate of drug-likeness (QED) is 0.843. The Hall–Kier alpha value is -1.55. The van der Waals surface area contributed by atoms with Gasteiger partial charge in [0.15, 0.2) is 0 Å². The summed E-state index contributed by atoms with van der Waals surface area (Å²) in [6.07, 6.45) is 2.88. The Labute approximate surface area is 117 Å². The molecular weight excluding hydrogens is 266 g/mol. The standard InChI is InChI=1S/C14H16ClNO3/c1-19-14(18)12(8-9-2-3-9)16-13(17)10-4-6-11(15)7-5-10/h4-7,9,12H,2-3,8H2,1H3,(H,16,17)/t12-/m1/s1. The van der Waals surface area contributed by atoms with Crippen LogP contribution in [0.2, 0.25) is 5.02 Å². The lowest BCUT2D eigenvalue weighted by atomic mass is 10.1. The summed E-state index contributed by atoms with van der Waals surface area (Å²) in [6.45, 7) is 0. The minimum Gasteiger partial charge on any atom is -0.467 e. The van der Waals surface area contributed by atoms with E-state index in [-0.39, 0.29) is 5.91 Å².